The van der Waals surface area contributed by atoms with Gasteiger partial charge in [-0.3, -0.25) is 4.79 Å². The lowest BCUT2D eigenvalue weighted by atomic mass is 10.2. The van der Waals surface area contributed by atoms with E-state index in [9.17, 15) is 18.0 Å². The highest BCUT2D eigenvalue weighted by Gasteiger charge is 2.31. The molecular formula is C21H20F3N5O2. The highest BCUT2D eigenvalue weighted by atomic mass is 19.4. The van der Waals surface area contributed by atoms with Gasteiger partial charge >= 0.3 is 6.36 Å². The van der Waals surface area contributed by atoms with E-state index in [1.54, 1.807) is 37.3 Å². The van der Waals surface area contributed by atoms with Gasteiger partial charge in [-0.15, -0.1) is 13.2 Å². The topological polar surface area (TPSA) is 79.4 Å². The van der Waals surface area contributed by atoms with Gasteiger partial charge in [-0.25, -0.2) is 9.97 Å². The summed E-state index contributed by atoms with van der Waals surface area (Å²) in [6.07, 6.45) is -4.83. The van der Waals surface area contributed by atoms with Gasteiger partial charge in [0.15, 0.2) is 0 Å². The molecule has 31 heavy (non-hydrogen) atoms. The molecule has 0 bridgehead atoms. The van der Waals surface area contributed by atoms with Crippen molar-refractivity contribution >= 4 is 28.9 Å². The van der Waals surface area contributed by atoms with Crippen LogP contribution >= 0.6 is 0 Å². The predicted octanol–water partition coefficient (Wildman–Crippen LogP) is 4.75. The molecule has 2 aromatic carbocycles. The second-order valence-electron chi connectivity index (χ2n) is 6.79. The molecule has 1 aromatic heterocycles. The summed E-state index contributed by atoms with van der Waals surface area (Å²) in [6, 6.07) is 13.5. The van der Waals surface area contributed by atoms with Gasteiger partial charge < -0.3 is 20.3 Å². The number of nitrogens with zero attached hydrogens (tertiary/aromatic N) is 3. The number of amides is 1. The second-order valence-corrected chi connectivity index (χ2v) is 6.79. The van der Waals surface area contributed by atoms with E-state index in [1.807, 2.05) is 19.0 Å². The molecule has 1 amide bonds. The first-order valence-electron chi connectivity index (χ1n) is 9.16. The van der Waals surface area contributed by atoms with E-state index in [2.05, 4.69) is 25.3 Å². The largest absolute Gasteiger partial charge is 0.573 e. The number of hydrogen-bond acceptors (Lipinski definition) is 6. The molecule has 0 aliphatic carbocycles. The maximum absolute atomic E-state index is 12.4. The van der Waals surface area contributed by atoms with Crippen LogP contribution in [0.2, 0.25) is 0 Å². The lowest BCUT2D eigenvalue weighted by molar-refractivity contribution is -0.274. The highest BCUT2D eigenvalue weighted by molar-refractivity contribution is 6.04. The normalized spacial score (nSPS) is 11.0. The number of rotatable bonds is 6. The van der Waals surface area contributed by atoms with Crippen LogP contribution in [0.4, 0.5) is 36.2 Å². The fourth-order valence-electron chi connectivity index (χ4n) is 2.67. The maximum Gasteiger partial charge on any atom is 0.573 e. The number of anilines is 4. The van der Waals surface area contributed by atoms with E-state index < -0.39 is 18.0 Å². The second kappa shape index (κ2) is 8.90. The van der Waals surface area contributed by atoms with Gasteiger partial charge in [0.25, 0.3) is 5.91 Å². The lowest BCUT2D eigenvalue weighted by Crippen LogP contribution is -2.18. The molecule has 0 radical (unpaired) electrons. The SMILES string of the molecule is Cc1nc(Nc2ccc(NC(=O)c3cccc(OC(F)(F)F)c3)cc2)cc(N(C)C)n1. The number of halogens is 3. The van der Waals surface area contributed by atoms with Crippen LogP contribution in [0.3, 0.4) is 0 Å². The molecule has 0 atom stereocenters. The molecule has 10 heteroatoms. The van der Waals surface area contributed by atoms with E-state index in [1.165, 1.54) is 12.1 Å². The summed E-state index contributed by atoms with van der Waals surface area (Å²) >= 11 is 0. The number of hydrogen-bond donors (Lipinski definition) is 2. The van der Waals surface area contributed by atoms with Gasteiger partial charge in [-0.05, 0) is 49.4 Å². The maximum atomic E-state index is 12.4. The van der Waals surface area contributed by atoms with Crippen LogP contribution in [0.5, 0.6) is 5.75 Å². The number of ether oxygens (including phenoxy) is 1. The molecule has 0 spiro atoms. The summed E-state index contributed by atoms with van der Waals surface area (Å²) in [5.41, 5.74) is 1.25. The Morgan fingerprint density at radius 2 is 1.68 bits per heavy atom. The van der Waals surface area contributed by atoms with Crippen molar-refractivity contribution in [2.24, 2.45) is 0 Å². The third-order valence-corrected chi connectivity index (χ3v) is 4.03. The molecule has 7 nitrogen and oxygen atoms in total. The summed E-state index contributed by atoms with van der Waals surface area (Å²) in [7, 11) is 3.77. The van der Waals surface area contributed by atoms with Crippen molar-refractivity contribution in [3.05, 3.63) is 66.0 Å². The van der Waals surface area contributed by atoms with Crippen LogP contribution in [0, 0.1) is 6.92 Å². The smallest absolute Gasteiger partial charge is 0.406 e. The number of carbonyl (C=O) groups excluding carboxylic acids is 1. The van der Waals surface area contributed by atoms with Crippen LogP contribution in [0.15, 0.2) is 54.6 Å². The van der Waals surface area contributed by atoms with Crippen molar-refractivity contribution in [1.82, 2.24) is 9.97 Å². The summed E-state index contributed by atoms with van der Waals surface area (Å²) < 4.78 is 40.9. The van der Waals surface area contributed by atoms with Gasteiger partial charge in [0.1, 0.15) is 23.2 Å². The first-order valence-corrected chi connectivity index (χ1v) is 9.16. The Morgan fingerprint density at radius 1 is 1.00 bits per heavy atom. The first kappa shape index (κ1) is 21.9. The van der Waals surface area contributed by atoms with E-state index >= 15 is 0 Å². The van der Waals surface area contributed by atoms with Gasteiger partial charge in [0.05, 0.1) is 0 Å². The average molecular weight is 431 g/mol. The summed E-state index contributed by atoms with van der Waals surface area (Å²) in [5.74, 6) is 0.978. The Labute approximate surface area is 176 Å². The zero-order chi connectivity index (χ0) is 22.6. The molecule has 0 aliphatic heterocycles. The molecule has 0 aliphatic rings. The first-order chi connectivity index (χ1) is 14.6. The molecule has 0 saturated carbocycles. The molecule has 0 fully saturated rings. The average Bonchev–Trinajstić information content (AvgIpc) is 2.68. The third-order valence-electron chi connectivity index (χ3n) is 4.03. The van der Waals surface area contributed by atoms with Crippen LogP contribution in [0.1, 0.15) is 16.2 Å². The Balaban J connectivity index is 1.67. The van der Waals surface area contributed by atoms with E-state index in [-0.39, 0.29) is 5.56 Å². The predicted molar refractivity (Wildman–Crippen MR) is 112 cm³/mol. The number of alkyl halides is 3. The number of carbonyl (C=O) groups is 1. The fraction of sp³-hybridized carbons (Fsp3) is 0.190. The Hall–Kier alpha value is -3.82. The number of nitrogens with one attached hydrogen (secondary N) is 2. The third kappa shape index (κ3) is 6.33. The Bertz CT molecular complexity index is 1070. The summed E-state index contributed by atoms with van der Waals surface area (Å²) in [5, 5.41) is 5.80. The minimum Gasteiger partial charge on any atom is -0.406 e. The quantitative estimate of drug-likeness (QED) is 0.587. The van der Waals surface area contributed by atoms with Crippen LogP contribution in [-0.2, 0) is 0 Å². The molecule has 0 saturated heterocycles. The van der Waals surface area contributed by atoms with E-state index in [0.717, 1.165) is 23.6 Å². The molecule has 0 unspecified atom stereocenters. The lowest BCUT2D eigenvalue weighted by Gasteiger charge is -2.14. The molecule has 3 aromatic rings. The van der Waals surface area contributed by atoms with Crippen molar-refractivity contribution in [1.29, 1.82) is 0 Å². The van der Waals surface area contributed by atoms with Crippen molar-refractivity contribution < 1.29 is 22.7 Å². The highest BCUT2D eigenvalue weighted by Crippen LogP contribution is 2.24. The van der Waals surface area contributed by atoms with Gasteiger partial charge in [0, 0.05) is 37.1 Å². The zero-order valence-corrected chi connectivity index (χ0v) is 17.0. The summed E-state index contributed by atoms with van der Waals surface area (Å²) in [4.78, 5) is 22.9. The minimum atomic E-state index is -4.83. The molecule has 3 rings (SSSR count). The van der Waals surface area contributed by atoms with Crippen molar-refractivity contribution in [2.45, 2.75) is 13.3 Å². The number of benzene rings is 2. The van der Waals surface area contributed by atoms with Crippen molar-refractivity contribution in [2.75, 3.05) is 29.6 Å². The Kier molecular flexibility index (Phi) is 6.28. The van der Waals surface area contributed by atoms with Crippen LogP contribution < -0.4 is 20.3 Å². The van der Waals surface area contributed by atoms with E-state index in [0.29, 0.717) is 17.3 Å². The van der Waals surface area contributed by atoms with Gasteiger partial charge in [-0.1, -0.05) is 6.07 Å². The van der Waals surface area contributed by atoms with Crippen molar-refractivity contribution in [3.8, 4) is 5.75 Å². The van der Waals surface area contributed by atoms with E-state index in [4.69, 9.17) is 0 Å². The monoisotopic (exact) mass is 431 g/mol. The van der Waals surface area contributed by atoms with Gasteiger partial charge in [-0.2, -0.15) is 0 Å². The van der Waals surface area contributed by atoms with Crippen LogP contribution in [-0.4, -0.2) is 36.3 Å². The molecule has 162 valence electrons. The number of aromatic nitrogens is 2. The van der Waals surface area contributed by atoms with Gasteiger partial charge in [0.2, 0.25) is 0 Å². The Morgan fingerprint density at radius 3 is 2.32 bits per heavy atom. The van der Waals surface area contributed by atoms with Crippen molar-refractivity contribution in [3.63, 3.8) is 0 Å². The molecule has 1 heterocycles. The minimum absolute atomic E-state index is 0.0385. The number of aryl methyl sites for hydroxylation is 1. The zero-order valence-electron chi connectivity index (χ0n) is 17.0. The molecule has 2 N–H and O–H groups in total. The molecular weight excluding hydrogens is 411 g/mol. The standard InChI is InChI=1S/C21H20F3N5O2/c1-13-25-18(12-19(26-13)29(2)3)27-15-7-9-16(10-8-15)28-20(30)14-5-4-6-17(11-14)31-21(22,23)24/h4-12H,1-3H3,(H,28,30)(H,25,26,27). The summed E-state index contributed by atoms with van der Waals surface area (Å²) in [6.45, 7) is 1.80. The van der Waals surface area contributed by atoms with Crippen LogP contribution in [0.25, 0.3) is 0 Å². The fourth-order valence-corrected chi connectivity index (χ4v) is 2.67.